The van der Waals surface area contributed by atoms with Gasteiger partial charge in [0.15, 0.2) is 22.9 Å². The number of para-hydroxylation sites is 1. The maximum absolute atomic E-state index is 14.2. The molecule has 0 aliphatic carbocycles. The Bertz CT molecular complexity index is 2030. The molecule has 1 N–H and O–H groups in total. The average Bonchev–Trinajstić information content (AvgIpc) is 3.40. The lowest BCUT2D eigenvalue weighted by Gasteiger charge is -2.26. The number of anilines is 1. The van der Waals surface area contributed by atoms with Crippen molar-refractivity contribution >= 4 is 34.9 Å². The van der Waals surface area contributed by atoms with Gasteiger partial charge in [-0.1, -0.05) is 73.7 Å². The van der Waals surface area contributed by atoms with Crippen LogP contribution in [0.2, 0.25) is 0 Å². The summed E-state index contributed by atoms with van der Waals surface area (Å²) in [6, 6.07) is 21.9. The third-order valence-electron chi connectivity index (χ3n) is 8.42. The van der Waals surface area contributed by atoms with Crippen molar-refractivity contribution in [2.75, 3.05) is 45.3 Å². The molecule has 0 radical (unpaired) electrons. The highest BCUT2D eigenvalue weighted by molar-refractivity contribution is 7.07. The molecule has 48 heavy (non-hydrogen) atoms. The van der Waals surface area contributed by atoms with E-state index in [0.717, 1.165) is 11.1 Å². The molecule has 2 aliphatic heterocycles. The van der Waals surface area contributed by atoms with Gasteiger partial charge in [-0.05, 0) is 59.9 Å². The van der Waals surface area contributed by atoms with E-state index < -0.39 is 6.04 Å². The molecule has 1 aromatic heterocycles. The molecule has 0 unspecified atom stereocenters. The monoisotopic (exact) mass is 666 g/mol. The number of aromatic nitrogens is 1. The van der Waals surface area contributed by atoms with Crippen LogP contribution in [0.4, 0.5) is 5.69 Å². The number of hydrogen-bond donors (Lipinski definition) is 1. The summed E-state index contributed by atoms with van der Waals surface area (Å²) < 4.78 is 18.8. The number of benzene rings is 3. The third kappa shape index (κ3) is 6.97. The molecule has 248 valence electrons. The number of methoxy groups -OCH3 is 1. The topological polar surface area (TPSA) is 111 Å². The summed E-state index contributed by atoms with van der Waals surface area (Å²) in [7, 11) is 1.53. The highest BCUT2D eigenvalue weighted by atomic mass is 32.1. The smallest absolute Gasteiger partial charge is 0.271 e. The van der Waals surface area contributed by atoms with E-state index in [4.69, 9.17) is 19.2 Å². The Labute approximate surface area is 282 Å². The van der Waals surface area contributed by atoms with Gasteiger partial charge in [0.05, 0.1) is 42.2 Å². The van der Waals surface area contributed by atoms with Crippen LogP contribution in [-0.2, 0) is 14.3 Å². The highest BCUT2D eigenvalue weighted by Gasteiger charge is 2.32. The van der Waals surface area contributed by atoms with Crippen LogP contribution >= 0.6 is 11.3 Å². The number of rotatable bonds is 9. The first kappa shape index (κ1) is 32.9. The van der Waals surface area contributed by atoms with Crippen molar-refractivity contribution in [1.29, 1.82) is 0 Å². The average molecular weight is 667 g/mol. The second-order valence-electron chi connectivity index (χ2n) is 11.9. The van der Waals surface area contributed by atoms with Gasteiger partial charge in [-0.25, -0.2) is 4.99 Å². The molecule has 3 aromatic carbocycles. The molecule has 1 atom stereocenters. The van der Waals surface area contributed by atoms with Gasteiger partial charge in [0.2, 0.25) is 0 Å². The van der Waals surface area contributed by atoms with Gasteiger partial charge in [-0.15, -0.1) is 0 Å². The molecule has 0 bridgehead atoms. The zero-order chi connectivity index (χ0) is 33.8. The maximum Gasteiger partial charge on any atom is 0.271 e. The molecule has 1 fully saturated rings. The molecule has 4 aromatic rings. The van der Waals surface area contributed by atoms with Crippen molar-refractivity contribution in [3.05, 3.63) is 120 Å². The van der Waals surface area contributed by atoms with Crippen LogP contribution in [0.3, 0.4) is 0 Å². The van der Waals surface area contributed by atoms with E-state index in [1.54, 1.807) is 40.7 Å². The first-order valence-electron chi connectivity index (χ1n) is 15.9. The molecular weight excluding hydrogens is 628 g/mol. The Balaban J connectivity index is 1.35. The van der Waals surface area contributed by atoms with E-state index in [1.165, 1.54) is 18.4 Å². The number of nitrogens with zero attached hydrogens (tertiary/aromatic N) is 3. The fraction of sp³-hybridized carbons (Fsp3) is 0.297. The molecule has 1 saturated heterocycles. The van der Waals surface area contributed by atoms with Crippen molar-refractivity contribution in [1.82, 2.24) is 9.47 Å². The predicted octanol–water partition coefficient (Wildman–Crippen LogP) is 4.24. The number of thiazole rings is 1. The molecule has 0 saturated carbocycles. The number of amides is 2. The Kier molecular flexibility index (Phi) is 9.88. The van der Waals surface area contributed by atoms with Crippen LogP contribution < -0.4 is 29.7 Å². The van der Waals surface area contributed by atoms with E-state index in [2.05, 4.69) is 19.2 Å². The summed E-state index contributed by atoms with van der Waals surface area (Å²) in [4.78, 5) is 47.6. The van der Waals surface area contributed by atoms with Gasteiger partial charge >= 0.3 is 0 Å². The third-order valence-corrected chi connectivity index (χ3v) is 9.40. The number of carbonyl (C=O) groups is 2. The Morgan fingerprint density at radius 1 is 1.04 bits per heavy atom. The summed E-state index contributed by atoms with van der Waals surface area (Å²) in [6.45, 7) is 8.05. The molecule has 6 rings (SSSR count). The minimum absolute atomic E-state index is 0.119. The summed E-state index contributed by atoms with van der Waals surface area (Å²) >= 11 is 1.26. The SMILES string of the molecule is COc1cc(/C=c2/sc3n(c2=O)[C@H](c2ccc(C(C)C)cc2)C(C(=O)Nc2ccccc2)=C(C)N=3)ccc1OCC(=O)N1CCOCC1. The molecule has 3 heterocycles. The number of nitrogens with one attached hydrogen (secondary N) is 1. The van der Waals surface area contributed by atoms with Gasteiger partial charge in [0.1, 0.15) is 0 Å². The van der Waals surface area contributed by atoms with Gasteiger partial charge in [-0.2, -0.15) is 0 Å². The largest absolute Gasteiger partial charge is 0.493 e. The second kappa shape index (κ2) is 14.4. The van der Waals surface area contributed by atoms with Crippen LogP contribution in [0.1, 0.15) is 49.4 Å². The van der Waals surface area contributed by atoms with Gasteiger partial charge < -0.3 is 24.4 Å². The Morgan fingerprint density at radius 2 is 1.77 bits per heavy atom. The Hall–Kier alpha value is -5.00. The number of carbonyl (C=O) groups excluding carboxylic acids is 2. The van der Waals surface area contributed by atoms with Crippen molar-refractivity contribution in [3.63, 3.8) is 0 Å². The van der Waals surface area contributed by atoms with Crippen molar-refractivity contribution in [2.45, 2.75) is 32.7 Å². The van der Waals surface area contributed by atoms with Crippen LogP contribution in [0.5, 0.6) is 11.5 Å². The number of hydrogen-bond acceptors (Lipinski definition) is 8. The van der Waals surface area contributed by atoms with E-state index in [1.807, 2.05) is 54.6 Å². The predicted molar refractivity (Wildman–Crippen MR) is 185 cm³/mol. The summed E-state index contributed by atoms with van der Waals surface area (Å²) in [5.41, 5.74) is 4.03. The standard InChI is InChI=1S/C37H38N4O6S/c1-23(2)26-11-13-27(14-12-26)34-33(35(43)39-28-8-6-5-7-9-28)24(3)38-37-41(34)36(44)31(48-37)21-25-10-15-29(30(20-25)45-4)47-22-32(42)40-16-18-46-19-17-40/h5-15,20-21,23,34H,16-19,22H2,1-4H3,(H,39,43)/b31-21+/t34-/m1/s1. The van der Waals surface area contributed by atoms with Gasteiger partial charge in [0.25, 0.3) is 17.4 Å². The van der Waals surface area contributed by atoms with Crippen LogP contribution in [0, 0.1) is 0 Å². The summed E-state index contributed by atoms with van der Waals surface area (Å²) in [5.74, 6) is 0.753. The molecule has 2 aliphatic rings. The Morgan fingerprint density at radius 3 is 2.46 bits per heavy atom. The van der Waals surface area contributed by atoms with E-state index in [-0.39, 0.29) is 24.0 Å². The van der Waals surface area contributed by atoms with Gasteiger partial charge in [0, 0.05) is 18.8 Å². The number of allylic oxidation sites excluding steroid dienone is 1. The second-order valence-corrected chi connectivity index (χ2v) is 12.9. The zero-order valence-corrected chi connectivity index (χ0v) is 28.2. The van der Waals surface area contributed by atoms with Gasteiger partial charge in [-0.3, -0.25) is 19.0 Å². The first-order valence-corrected chi connectivity index (χ1v) is 16.7. The van der Waals surface area contributed by atoms with Crippen molar-refractivity contribution in [2.24, 2.45) is 4.99 Å². The fourth-order valence-electron chi connectivity index (χ4n) is 5.80. The van der Waals surface area contributed by atoms with Crippen molar-refractivity contribution < 1.29 is 23.8 Å². The lowest BCUT2D eigenvalue weighted by Crippen LogP contribution is -2.43. The minimum Gasteiger partial charge on any atom is -0.493 e. The lowest BCUT2D eigenvalue weighted by molar-refractivity contribution is -0.137. The summed E-state index contributed by atoms with van der Waals surface area (Å²) in [5, 5.41) is 2.99. The molecule has 0 spiro atoms. The molecule has 11 heteroatoms. The number of morpholine rings is 1. The lowest BCUT2D eigenvalue weighted by atomic mass is 9.93. The van der Waals surface area contributed by atoms with Crippen LogP contribution in [0.25, 0.3) is 6.08 Å². The van der Waals surface area contributed by atoms with Crippen LogP contribution in [-0.4, -0.2) is 61.3 Å². The molecule has 2 amide bonds. The summed E-state index contributed by atoms with van der Waals surface area (Å²) in [6.07, 6.45) is 1.77. The van der Waals surface area contributed by atoms with E-state index in [9.17, 15) is 14.4 Å². The molecular formula is C37H38N4O6S. The van der Waals surface area contributed by atoms with Crippen molar-refractivity contribution in [3.8, 4) is 11.5 Å². The fourth-order valence-corrected chi connectivity index (χ4v) is 6.85. The number of fused-ring (bicyclic) bond motifs is 1. The van der Waals surface area contributed by atoms with Crippen LogP contribution in [0.15, 0.2) is 93.9 Å². The first-order chi connectivity index (χ1) is 23.2. The molecule has 10 nitrogen and oxygen atoms in total. The zero-order valence-electron chi connectivity index (χ0n) is 27.4. The highest BCUT2D eigenvalue weighted by Crippen LogP contribution is 2.32. The minimum atomic E-state index is -0.678. The normalized spacial score (nSPS) is 16.4. The number of ether oxygens (including phenoxy) is 3. The van der Waals surface area contributed by atoms with E-state index in [0.29, 0.717) is 75.6 Å². The van der Waals surface area contributed by atoms with E-state index >= 15 is 0 Å². The quantitative estimate of drug-likeness (QED) is 0.286. The maximum atomic E-state index is 14.2.